The molecule has 1 aliphatic rings. The maximum absolute atomic E-state index is 9.88. The van der Waals surface area contributed by atoms with E-state index in [1.54, 1.807) is 6.26 Å². The molecular weight excluding hydrogens is 270 g/mol. The van der Waals surface area contributed by atoms with Gasteiger partial charge >= 0.3 is 0 Å². The summed E-state index contributed by atoms with van der Waals surface area (Å²) in [6, 6.07) is 2.22. The topological polar surface area (TPSA) is 45.4 Å². The van der Waals surface area contributed by atoms with Crippen molar-refractivity contribution in [1.82, 2.24) is 5.32 Å². The Hall–Kier alpha value is -0.320. The summed E-state index contributed by atoms with van der Waals surface area (Å²) in [5, 5.41) is 13.3. The molecule has 1 heterocycles. The molecule has 4 heteroatoms. The fourth-order valence-corrected chi connectivity index (χ4v) is 2.86. The van der Waals surface area contributed by atoms with Crippen LogP contribution in [0.1, 0.15) is 44.4 Å². The summed E-state index contributed by atoms with van der Waals surface area (Å²) in [5.41, 5.74) is 0. The van der Waals surface area contributed by atoms with Crippen molar-refractivity contribution in [3.8, 4) is 0 Å². The van der Waals surface area contributed by atoms with Crippen LogP contribution < -0.4 is 5.32 Å². The van der Waals surface area contributed by atoms with Crippen molar-refractivity contribution in [2.45, 2.75) is 50.8 Å². The van der Waals surface area contributed by atoms with Gasteiger partial charge in [-0.1, -0.05) is 12.8 Å². The van der Waals surface area contributed by atoms with Crippen LogP contribution in [0.2, 0.25) is 0 Å². The largest absolute Gasteiger partial charge is 0.466 e. The van der Waals surface area contributed by atoms with Gasteiger partial charge in [-0.05, 0) is 41.8 Å². The first-order valence-electron chi connectivity index (χ1n) is 5.85. The van der Waals surface area contributed by atoms with Crippen molar-refractivity contribution < 1.29 is 9.52 Å². The quantitative estimate of drug-likeness (QED) is 0.898. The van der Waals surface area contributed by atoms with Crippen molar-refractivity contribution >= 4 is 15.9 Å². The summed E-state index contributed by atoms with van der Waals surface area (Å²) < 4.78 is 6.40. The van der Waals surface area contributed by atoms with Gasteiger partial charge in [0.25, 0.3) is 0 Å². The molecule has 16 heavy (non-hydrogen) atoms. The Labute approximate surface area is 104 Å². The Balaban J connectivity index is 1.96. The van der Waals surface area contributed by atoms with E-state index in [0.717, 1.165) is 29.5 Å². The van der Waals surface area contributed by atoms with Crippen molar-refractivity contribution in [3.63, 3.8) is 0 Å². The molecule has 0 amide bonds. The second-order valence-electron chi connectivity index (χ2n) is 4.48. The van der Waals surface area contributed by atoms with Gasteiger partial charge in [-0.3, -0.25) is 0 Å². The van der Waals surface area contributed by atoms with Crippen molar-refractivity contribution in [3.05, 3.63) is 22.6 Å². The first kappa shape index (κ1) is 12.1. The molecule has 3 atom stereocenters. The van der Waals surface area contributed by atoms with Crippen LogP contribution in [0.15, 0.2) is 21.2 Å². The zero-order chi connectivity index (χ0) is 11.5. The van der Waals surface area contributed by atoms with E-state index in [-0.39, 0.29) is 18.2 Å². The summed E-state index contributed by atoms with van der Waals surface area (Å²) in [6.07, 6.45) is 5.74. The highest BCUT2D eigenvalue weighted by molar-refractivity contribution is 9.10. The summed E-state index contributed by atoms with van der Waals surface area (Å²) in [7, 11) is 0. The molecule has 3 nitrogen and oxygen atoms in total. The molecule has 2 rings (SSSR count). The molecule has 0 aliphatic heterocycles. The average molecular weight is 288 g/mol. The van der Waals surface area contributed by atoms with Gasteiger partial charge in [0.1, 0.15) is 5.76 Å². The molecule has 1 fully saturated rings. The monoisotopic (exact) mass is 287 g/mol. The lowest BCUT2D eigenvalue weighted by Gasteiger charge is -2.30. The predicted octanol–water partition coefficient (Wildman–Crippen LogP) is 3.00. The minimum atomic E-state index is -0.218. The van der Waals surface area contributed by atoms with Crippen LogP contribution in [0.25, 0.3) is 0 Å². The highest BCUT2D eigenvalue weighted by Crippen LogP contribution is 2.27. The summed E-state index contributed by atoms with van der Waals surface area (Å²) in [6.45, 7) is 2.06. The van der Waals surface area contributed by atoms with Gasteiger partial charge in [0.15, 0.2) is 0 Å². The van der Waals surface area contributed by atoms with Gasteiger partial charge in [-0.25, -0.2) is 0 Å². The van der Waals surface area contributed by atoms with Crippen LogP contribution in [0.3, 0.4) is 0 Å². The molecule has 2 N–H and O–H groups in total. The number of hydrogen-bond donors (Lipinski definition) is 2. The second-order valence-corrected chi connectivity index (χ2v) is 5.33. The standard InChI is InChI=1S/C12H18BrNO2/c1-8(12-9(13)6-7-16-12)14-10-4-2-3-5-11(10)15/h6-8,10-11,14-15H,2-5H2,1H3. The molecule has 1 aromatic rings. The minimum absolute atomic E-state index is 0.127. The molecule has 1 saturated carbocycles. The third-order valence-corrected chi connectivity index (χ3v) is 3.89. The highest BCUT2D eigenvalue weighted by Gasteiger charge is 2.25. The number of aliphatic hydroxyl groups excluding tert-OH is 1. The van der Waals surface area contributed by atoms with E-state index in [4.69, 9.17) is 4.42 Å². The van der Waals surface area contributed by atoms with Crippen LogP contribution >= 0.6 is 15.9 Å². The van der Waals surface area contributed by atoms with Crippen LogP contribution in [0, 0.1) is 0 Å². The van der Waals surface area contributed by atoms with Gasteiger partial charge in [0.05, 0.1) is 22.9 Å². The van der Waals surface area contributed by atoms with E-state index in [1.807, 2.05) is 6.07 Å². The normalized spacial score (nSPS) is 27.9. The van der Waals surface area contributed by atoms with Gasteiger partial charge in [0, 0.05) is 6.04 Å². The van der Waals surface area contributed by atoms with E-state index in [1.165, 1.54) is 6.42 Å². The molecule has 0 spiro atoms. The van der Waals surface area contributed by atoms with E-state index < -0.39 is 0 Å². The molecule has 0 radical (unpaired) electrons. The molecule has 1 aliphatic carbocycles. The molecule has 90 valence electrons. The Morgan fingerprint density at radius 2 is 2.25 bits per heavy atom. The highest BCUT2D eigenvalue weighted by atomic mass is 79.9. The number of furan rings is 1. The fraction of sp³-hybridized carbons (Fsp3) is 0.667. The number of hydrogen-bond acceptors (Lipinski definition) is 3. The van der Waals surface area contributed by atoms with Gasteiger partial charge < -0.3 is 14.8 Å². The number of halogens is 1. The van der Waals surface area contributed by atoms with Crippen molar-refractivity contribution in [2.24, 2.45) is 0 Å². The van der Waals surface area contributed by atoms with Crippen LogP contribution in [-0.4, -0.2) is 17.3 Å². The summed E-state index contributed by atoms with van der Waals surface area (Å²) >= 11 is 3.45. The Bertz CT molecular complexity index is 340. The van der Waals surface area contributed by atoms with E-state index >= 15 is 0 Å². The third kappa shape index (κ3) is 2.67. The predicted molar refractivity (Wildman–Crippen MR) is 66.2 cm³/mol. The van der Waals surface area contributed by atoms with Gasteiger partial charge in [0.2, 0.25) is 0 Å². The number of aliphatic hydroxyl groups is 1. The van der Waals surface area contributed by atoms with Crippen molar-refractivity contribution in [2.75, 3.05) is 0 Å². The van der Waals surface area contributed by atoms with Crippen molar-refractivity contribution in [1.29, 1.82) is 0 Å². The smallest absolute Gasteiger partial charge is 0.134 e. The molecule has 0 aromatic carbocycles. The fourth-order valence-electron chi connectivity index (χ4n) is 2.32. The zero-order valence-electron chi connectivity index (χ0n) is 9.45. The lowest BCUT2D eigenvalue weighted by Crippen LogP contribution is -2.43. The van der Waals surface area contributed by atoms with E-state index in [0.29, 0.717) is 0 Å². The first-order chi connectivity index (χ1) is 7.68. The SMILES string of the molecule is CC(NC1CCCCC1O)c1occc1Br. The molecule has 3 unspecified atom stereocenters. The third-order valence-electron chi connectivity index (χ3n) is 3.23. The van der Waals surface area contributed by atoms with Gasteiger partial charge in [-0.15, -0.1) is 0 Å². The molecule has 0 bridgehead atoms. The molecule has 0 saturated heterocycles. The lowest BCUT2D eigenvalue weighted by molar-refractivity contribution is 0.0844. The van der Waals surface area contributed by atoms with Crippen LogP contribution in [0.5, 0.6) is 0 Å². The summed E-state index contributed by atoms with van der Waals surface area (Å²) in [5.74, 6) is 0.901. The molecular formula is C12H18BrNO2. The average Bonchev–Trinajstić information content (AvgIpc) is 2.68. The summed E-state index contributed by atoms with van der Waals surface area (Å²) in [4.78, 5) is 0. The Morgan fingerprint density at radius 1 is 1.50 bits per heavy atom. The second kappa shape index (κ2) is 5.34. The minimum Gasteiger partial charge on any atom is -0.466 e. The molecule has 1 aromatic heterocycles. The maximum Gasteiger partial charge on any atom is 0.134 e. The first-order valence-corrected chi connectivity index (χ1v) is 6.65. The van der Waals surface area contributed by atoms with E-state index in [9.17, 15) is 5.11 Å². The van der Waals surface area contributed by atoms with E-state index in [2.05, 4.69) is 28.2 Å². The lowest BCUT2D eigenvalue weighted by atomic mass is 9.92. The number of rotatable bonds is 3. The number of nitrogens with one attached hydrogen (secondary N) is 1. The van der Waals surface area contributed by atoms with Crippen LogP contribution in [-0.2, 0) is 0 Å². The Kier molecular flexibility index (Phi) is 4.05. The van der Waals surface area contributed by atoms with Gasteiger partial charge in [-0.2, -0.15) is 0 Å². The maximum atomic E-state index is 9.88. The Morgan fingerprint density at radius 3 is 2.88 bits per heavy atom. The van der Waals surface area contributed by atoms with Crippen LogP contribution in [0.4, 0.5) is 0 Å². The zero-order valence-corrected chi connectivity index (χ0v) is 11.0.